The average molecular weight is 351 g/mol. The molecule has 1 amide bonds. The first-order valence-corrected chi connectivity index (χ1v) is 8.92. The SMILES string of the molecule is Cn1c(SCC(=O)Nc2cccc(F)c2)nc2c(c1=O)SCC2. The molecule has 0 saturated heterocycles. The maximum Gasteiger partial charge on any atom is 0.267 e. The number of thioether (sulfide) groups is 2. The molecule has 2 heterocycles. The van der Waals surface area contributed by atoms with Gasteiger partial charge in [-0.3, -0.25) is 14.2 Å². The molecule has 1 aliphatic rings. The zero-order valence-corrected chi connectivity index (χ0v) is 14.0. The van der Waals surface area contributed by atoms with Crippen LogP contribution in [-0.2, 0) is 18.3 Å². The molecule has 0 aliphatic carbocycles. The van der Waals surface area contributed by atoms with Crippen molar-refractivity contribution in [1.82, 2.24) is 9.55 Å². The minimum absolute atomic E-state index is 0.0643. The summed E-state index contributed by atoms with van der Waals surface area (Å²) < 4.78 is 14.6. The molecule has 2 aromatic rings. The molecular formula is C15H14FN3O2S2. The van der Waals surface area contributed by atoms with E-state index >= 15 is 0 Å². The Balaban J connectivity index is 1.68. The molecule has 5 nitrogen and oxygen atoms in total. The molecule has 3 rings (SSSR count). The number of amides is 1. The highest BCUT2D eigenvalue weighted by atomic mass is 32.2. The summed E-state index contributed by atoms with van der Waals surface area (Å²) in [6.07, 6.45) is 0.777. The van der Waals surface area contributed by atoms with Gasteiger partial charge in [0, 0.05) is 24.9 Å². The zero-order chi connectivity index (χ0) is 16.4. The Morgan fingerprint density at radius 3 is 3.13 bits per heavy atom. The van der Waals surface area contributed by atoms with E-state index in [2.05, 4.69) is 10.3 Å². The molecule has 0 spiro atoms. The van der Waals surface area contributed by atoms with Gasteiger partial charge in [-0.2, -0.15) is 0 Å². The molecule has 1 aliphatic heterocycles. The fraction of sp³-hybridized carbons (Fsp3) is 0.267. The lowest BCUT2D eigenvalue weighted by atomic mass is 10.3. The van der Waals surface area contributed by atoms with Crippen molar-refractivity contribution in [3.05, 3.63) is 46.1 Å². The highest BCUT2D eigenvalue weighted by Crippen LogP contribution is 2.28. The standard InChI is InChI=1S/C15H14FN3O2S2/c1-19-14(21)13-11(5-6-22-13)18-15(19)23-8-12(20)17-10-4-2-3-9(16)7-10/h2-4,7H,5-6,8H2,1H3,(H,17,20). The number of benzene rings is 1. The van der Waals surface area contributed by atoms with Gasteiger partial charge < -0.3 is 5.32 Å². The number of hydrogen-bond donors (Lipinski definition) is 1. The number of hydrogen-bond acceptors (Lipinski definition) is 5. The molecule has 120 valence electrons. The van der Waals surface area contributed by atoms with Crippen LogP contribution in [0.1, 0.15) is 5.69 Å². The third-order valence-electron chi connectivity index (χ3n) is 3.30. The maximum absolute atomic E-state index is 13.1. The van der Waals surface area contributed by atoms with Gasteiger partial charge in [0.1, 0.15) is 5.82 Å². The average Bonchev–Trinajstić information content (AvgIpc) is 2.98. The number of rotatable bonds is 4. The van der Waals surface area contributed by atoms with Crippen molar-refractivity contribution in [2.75, 3.05) is 16.8 Å². The fourth-order valence-electron chi connectivity index (χ4n) is 2.19. The monoisotopic (exact) mass is 351 g/mol. The molecule has 0 atom stereocenters. The molecule has 1 aromatic carbocycles. The van der Waals surface area contributed by atoms with Crippen LogP contribution in [0.5, 0.6) is 0 Å². The van der Waals surface area contributed by atoms with E-state index in [1.807, 2.05) is 0 Å². The molecule has 1 N–H and O–H groups in total. The second kappa shape index (κ2) is 6.76. The number of carbonyl (C=O) groups is 1. The topological polar surface area (TPSA) is 64.0 Å². The lowest BCUT2D eigenvalue weighted by Gasteiger charge is -2.09. The van der Waals surface area contributed by atoms with Crippen LogP contribution in [0.2, 0.25) is 0 Å². The van der Waals surface area contributed by atoms with Crippen LogP contribution in [0.15, 0.2) is 39.1 Å². The van der Waals surface area contributed by atoms with E-state index in [4.69, 9.17) is 0 Å². The van der Waals surface area contributed by atoms with E-state index in [9.17, 15) is 14.0 Å². The quantitative estimate of drug-likeness (QED) is 0.676. The number of halogens is 1. The van der Waals surface area contributed by atoms with Crippen LogP contribution < -0.4 is 10.9 Å². The zero-order valence-electron chi connectivity index (χ0n) is 12.3. The van der Waals surface area contributed by atoms with Gasteiger partial charge in [-0.05, 0) is 18.2 Å². The van der Waals surface area contributed by atoms with Crippen LogP contribution in [0.4, 0.5) is 10.1 Å². The molecule has 8 heteroatoms. The molecule has 0 bridgehead atoms. The van der Waals surface area contributed by atoms with E-state index in [0.717, 1.165) is 17.9 Å². The third kappa shape index (κ3) is 3.59. The molecule has 1 aromatic heterocycles. The summed E-state index contributed by atoms with van der Waals surface area (Å²) in [5.41, 5.74) is 1.15. The summed E-state index contributed by atoms with van der Waals surface area (Å²) >= 11 is 2.72. The lowest BCUT2D eigenvalue weighted by Crippen LogP contribution is -2.23. The molecular weight excluding hydrogens is 337 g/mol. The Labute approximate surface area is 140 Å². The summed E-state index contributed by atoms with van der Waals surface area (Å²) in [7, 11) is 1.65. The highest BCUT2D eigenvalue weighted by Gasteiger charge is 2.20. The number of nitrogens with one attached hydrogen (secondary N) is 1. The number of aromatic nitrogens is 2. The molecule has 23 heavy (non-hydrogen) atoms. The number of aryl methyl sites for hydroxylation is 1. The smallest absolute Gasteiger partial charge is 0.267 e. The second-order valence-corrected chi connectivity index (χ2v) is 7.03. The molecule has 0 saturated carbocycles. The molecule has 0 unspecified atom stereocenters. The number of nitrogens with zero attached hydrogens (tertiary/aromatic N) is 2. The van der Waals surface area contributed by atoms with Crippen molar-refractivity contribution in [3.8, 4) is 0 Å². The Morgan fingerprint density at radius 1 is 1.52 bits per heavy atom. The van der Waals surface area contributed by atoms with Gasteiger partial charge in [-0.1, -0.05) is 17.8 Å². The molecule has 0 radical (unpaired) electrons. The lowest BCUT2D eigenvalue weighted by molar-refractivity contribution is -0.113. The van der Waals surface area contributed by atoms with Gasteiger partial charge in [0.15, 0.2) is 5.16 Å². The number of fused-ring (bicyclic) bond motifs is 1. The van der Waals surface area contributed by atoms with Gasteiger partial charge in [-0.25, -0.2) is 9.37 Å². The minimum Gasteiger partial charge on any atom is -0.325 e. The molecule has 0 fully saturated rings. The van der Waals surface area contributed by atoms with E-state index < -0.39 is 5.82 Å². The highest BCUT2D eigenvalue weighted by molar-refractivity contribution is 8.00. The van der Waals surface area contributed by atoms with Gasteiger partial charge in [0.2, 0.25) is 5.91 Å². The second-order valence-electron chi connectivity index (χ2n) is 4.98. The summed E-state index contributed by atoms with van der Waals surface area (Å²) in [5.74, 6) is 0.287. The van der Waals surface area contributed by atoms with Crippen LogP contribution in [0.25, 0.3) is 0 Å². The minimum atomic E-state index is -0.407. The van der Waals surface area contributed by atoms with Crippen LogP contribution >= 0.6 is 23.5 Å². The van der Waals surface area contributed by atoms with Crippen LogP contribution in [-0.4, -0.2) is 27.0 Å². The van der Waals surface area contributed by atoms with E-state index in [-0.39, 0.29) is 17.2 Å². The summed E-state index contributed by atoms with van der Waals surface area (Å²) in [6, 6.07) is 5.71. The first-order valence-electron chi connectivity index (χ1n) is 6.95. The summed E-state index contributed by atoms with van der Waals surface area (Å²) in [6.45, 7) is 0. The van der Waals surface area contributed by atoms with E-state index in [1.165, 1.54) is 46.3 Å². The number of carbonyl (C=O) groups excluding carboxylic acids is 1. The predicted molar refractivity (Wildman–Crippen MR) is 89.7 cm³/mol. The van der Waals surface area contributed by atoms with Gasteiger partial charge in [0.05, 0.1) is 16.3 Å². The van der Waals surface area contributed by atoms with Crippen molar-refractivity contribution in [2.24, 2.45) is 7.05 Å². The summed E-state index contributed by atoms with van der Waals surface area (Å²) in [4.78, 5) is 29.3. The van der Waals surface area contributed by atoms with Crippen molar-refractivity contribution >= 4 is 35.1 Å². The van der Waals surface area contributed by atoms with E-state index in [1.54, 1.807) is 13.1 Å². The van der Waals surface area contributed by atoms with Gasteiger partial charge in [-0.15, -0.1) is 11.8 Å². The van der Waals surface area contributed by atoms with Crippen molar-refractivity contribution in [3.63, 3.8) is 0 Å². The largest absolute Gasteiger partial charge is 0.325 e. The first-order chi connectivity index (χ1) is 11.0. The van der Waals surface area contributed by atoms with Gasteiger partial charge >= 0.3 is 0 Å². The maximum atomic E-state index is 13.1. The van der Waals surface area contributed by atoms with Crippen molar-refractivity contribution in [2.45, 2.75) is 16.5 Å². The predicted octanol–water partition coefficient (Wildman–Crippen LogP) is 2.30. The Bertz CT molecular complexity index is 823. The van der Waals surface area contributed by atoms with Crippen molar-refractivity contribution < 1.29 is 9.18 Å². The normalized spacial score (nSPS) is 13.0. The first kappa shape index (κ1) is 16.1. The Morgan fingerprint density at radius 2 is 2.35 bits per heavy atom. The van der Waals surface area contributed by atoms with Crippen molar-refractivity contribution in [1.29, 1.82) is 0 Å². The number of anilines is 1. The Hall–Kier alpha value is -1.80. The van der Waals surface area contributed by atoms with E-state index in [0.29, 0.717) is 15.7 Å². The Kier molecular flexibility index (Phi) is 4.72. The summed E-state index contributed by atoms with van der Waals surface area (Å²) in [5, 5.41) is 3.14. The van der Waals surface area contributed by atoms with Gasteiger partial charge in [0.25, 0.3) is 5.56 Å². The van der Waals surface area contributed by atoms with Crippen LogP contribution in [0, 0.1) is 5.82 Å². The van der Waals surface area contributed by atoms with Crippen LogP contribution in [0.3, 0.4) is 0 Å². The fourth-order valence-corrected chi connectivity index (χ4v) is 4.05. The third-order valence-corrected chi connectivity index (χ3v) is 5.44.